The van der Waals surface area contributed by atoms with E-state index in [1.54, 1.807) is 20.8 Å². The molecule has 2 atom stereocenters. The third-order valence-corrected chi connectivity index (χ3v) is 1.60. The number of methoxy groups -OCH3 is 1. The van der Waals surface area contributed by atoms with E-state index in [1.165, 1.54) is 14.0 Å². The van der Waals surface area contributed by atoms with Crippen LogP contribution in [0.25, 0.3) is 0 Å². The third kappa shape index (κ3) is 12.8. The van der Waals surface area contributed by atoms with Gasteiger partial charge in [0.25, 0.3) is 0 Å². The van der Waals surface area contributed by atoms with Gasteiger partial charge in [-0.1, -0.05) is 0 Å². The lowest BCUT2D eigenvalue weighted by molar-refractivity contribution is -0.153. The van der Waals surface area contributed by atoms with Crippen molar-refractivity contribution in [3.63, 3.8) is 0 Å². The summed E-state index contributed by atoms with van der Waals surface area (Å²) in [5.41, 5.74) is 0. The Morgan fingerprint density at radius 1 is 1.29 bits per heavy atom. The van der Waals surface area contributed by atoms with Crippen LogP contribution in [0.4, 0.5) is 0 Å². The molecule has 0 aromatic rings. The molecule has 0 saturated carbocycles. The lowest BCUT2D eigenvalue weighted by atomic mass is 10.4. The molecule has 0 amide bonds. The maximum Gasteiger partial charge on any atom is 0.334 e. The molecule has 0 heterocycles. The van der Waals surface area contributed by atoms with Gasteiger partial charge < -0.3 is 19.3 Å². The van der Waals surface area contributed by atoms with Crippen LogP contribution in [-0.2, 0) is 23.8 Å². The molecule has 0 rings (SSSR count). The number of aliphatic hydroxyl groups excluding tert-OH is 1. The minimum atomic E-state index is -0.440. The lowest BCUT2D eigenvalue weighted by Gasteiger charge is -2.06. The van der Waals surface area contributed by atoms with Crippen LogP contribution < -0.4 is 0 Å². The zero-order valence-electron chi connectivity index (χ0n) is 11.1. The fourth-order valence-corrected chi connectivity index (χ4v) is 0.676. The Bertz CT molecular complexity index is 216. The molecule has 6 nitrogen and oxygen atoms in total. The van der Waals surface area contributed by atoms with Gasteiger partial charge in [0.05, 0.1) is 13.2 Å². The van der Waals surface area contributed by atoms with Crippen LogP contribution in [0.15, 0.2) is 0 Å². The molecule has 0 saturated heterocycles. The van der Waals surface area contributed by atoms with E-state index in [4.69, 9.17) is 5.11 Å². The summed E-state index contributed by atoms with van der Waals surface area (Å²) in [6.45, 7) is 6.65. The molecule has 2 unspecified atom stereocenters. The molecule has 17 heavy (non-hydrogen) atoms. The Morgan fingerprint density at radius 3 is 2.06 bits per heavy atom. The summed E-state index contributed by atoms with van der Waals surface area (Å²) < 4.78 is 13.8. The number of esters is 2. The molecule has 0 aromatic carbocycles. The first-order valence-electron chi connectivity index (χ1n) is 5.36. The summed E-state index contributed by atoms with van der Waals surface area (Å²) in [6, 6.07) is 0. The SMILES string of the molecule is CC(=O)OC(C)CO.CCOC(=O)C(C)OC. The van der Waals surface area contributed by atoms with Crippen LogP contribution in [0.5, 0.6) is 0 Å². The van der Waals surface area contributed by atoms with E-state index < -0.39 is 6.10 Å². The zero-order chi connectivity index (χ0) is 13.8. The molecule has 0 radical (unpaired) electrons. The highest BCUT2D eigenvalue weighted by Crippen LogP contribution is 1.90. The number of carbonyl (C=O) groups excluding carboxylic acids is 2. The minimum absolute atomic E-state index is 0.112. The van der Waals surface area contributed by atoms with Gasteiger partial charge in [-0.3, -0.25) is 4.79 Å². The second-order valence-corrected chi connectivity index (χ2v) is 3.23. The summed E-state index contributed by atoms with van der Waals surface area (Å²) in [5, 5.41) is 8.31. The standard InChI is InChI=1S/C6H12O3.C5H10O3/c1-4-9-6(7)5(2)8-3;1-4(3-6)8-5(2)7/h5H,4H2,1-3H3;4,6H,3H2,1-2H3. The first-order chi connectivity index (χ1) is 7.88. The average molecular weight is 250 g/mol. The van der Waals surface area contributed by atoms with Crippen molar-refractivity contribution in [2.24, 2.45) is 0 Å². The number of ether oxygens (including phenoxy) is 3. The molecule has 0 aliphatic carbocycles. The van der Waals surface area contributed by atoms with Gasteiger partial charge in [0.15, 0.2) is 6.10 Å². The van der Waals surface area contributed by atoms with E-state index in [0.29, 0.717) is 6.61 Å². The van der Waals surface area contributed by atoms with E-state index in [1.807, 2.05) is 0 Å². The van der Waals surface area contributed by atoms with Crippen molar-refractivity contribution >= 4 is 11.9 Å². The normalized spacial score (nSPS) is 12.8. The first kappa shape index (κ1) is 18.2. The van der Waals surface area contributed by atoms with E-state index in [-0.39, 0.29) is 24.6 Å². The Hall–Kier alpha value is -1.14. The van der Waals surface area contributed by atoms with Gasteiger partial charge in [0, 0.05) is 14.0 Å². The number of aliphatic hydroxyl groups is 1. The van der Waals surface area contributed by atoms with Crippen LogP contribution >= 0.6 is 0 Å². The van der Waals surface area contributed by atoms with E-state index in [2.05, 4.69) is 14.2 Å². The van der Waals surface area contributed by atoms with E-state index in [0.717, 1.165) is 0 Å². The maximum absolute atomic E-state index is 10.6. The maximum atomic E-state index is 10.6. The molecule has 0 bridgehead atoms. The monoisotopic (exact) mass is 250 g/mol. The van der Waals surface area contributed by atoms with Gasteiger partial charge in [-0.2, -0.15) is 0 Å². The second kappa shape index (κ2) is 11.3. The number of hydrogen-bond acceptors (Lipinski definition) is 6. The molecule has 0 spiro atoms. The molecule has 0 aliphatic rings. The van der Waals surface area contributed by atoms with Gasteiger partial charge in [-0.25, -0.2) is 4.79 Å². The largest absolute Gasteiger partial charge is 0.464 e. The first-order valence-corrected chi connectivity index (χ1v) is 5.36. The third-order valence-electron chi connectivity index (χ3n) is 1.60. The molecule has 1 N–H and O–H groups in total. The molecular weight excluding hydrogens is 228 g/mol. The van der Waals surface area contributed by atoms with Crippen LogP contribution in [0, 0.1) is 0 Å². The van der Waals surface area contributed by atoms with Gasteiger partial charge in [-0.05, 0) is 20.8 Å². The van der Waals surface area contributed by atoms with Crippen LogP contribution in [0.2, 0.25) is 0 Å². The number of rotatable bonds is 5. The lowest BCUT2D eigenvalue weighted by Crippen LogP contribution is -2.21. The topological polar surface area (TPSA) is 82.1 Å². The Morgan fingerprint density at radius 2 is 1.82 bits per heavy atom. The van der Waals surface area contributed by atoms with Crippen LogP contribution in [-0.4, -0.2) is 49.6 Å². The average Bonchev–Trinajstić information content (AvgIpc) is 2.28. The van der Waals surface area contributed by atoms with Crippen LogP contribution in [0.1, 0.15) is 27.7 Å². The van der Waals surface area contributed by atoms with Crippen molar-refractivity contribution in [2.75, 3.05) is 20.3 Å². The second-order valence-electron chi connectivity index (χ2n) is 3.23. The van der Waals surface area contributed by atoms with Crippen molar-refractivity contribution in [1.29, 1.82) is 0 Å². The van der Waals surface area contributed by atoms with Crippen molar-refractivity contribution in [3.05, 3.63) is 0 Å². The van der Waals surface area contributed by atoms with Gasteiger partial charge in [-0.15, -0.1) is 0 Å². The molecule has 102 valence electrons. The summed E-state index contributed by atoms with van der Waals surface area (Å²) in [7, 11) is 1.47. The highest BCUT2D eigenvalue weighted by atomic mass is 16.6. The van der Waals surface area contributed by atoms with Gasteiger partial charge in [0.2, 0.25) is 0 Å². The summed E-state index contributed by atoms with van der Waals surface area (Å²) in [5.74, 6) is -0.661. The molecular formula is C11H22O6. The quantitative estimate of drug-likeness (QED) is 0.716. The van der Waals surface area contributed by atoms with Crippen molar-refractivity contribution in [3.8, 4) is 0 Å². The summed E-state index contributed by atoms with van der Waals surface area (Å²) in [6.07, 6.45) is -0.808. The summed E-state index contributed by atoms with van der Waals surface area (Å²) in [4.78, 5) is 20.7. The Balaban J connectivity index is 0. The van der Waals surface area contributed by atoms with Gasteiger partial charge >= 0.3 is 11.9 Å². The highest BCUT2D eigenvalue weighted by Gasteiger charge is 2.10. The van der Waals surface area contributed by atoms with Crippen molar-refractivity contribution < 1.29 is 28.9 Å². The smallest absolute Gasteiger partial charge is 0.334 e. The number of carbonyl (C=O) groups is 2. The predicted octanol–water partition coefficient (Wildman–Crippen LogP) is 0.515. The Labute approximate surface area is 102 Å². The molecule has 0 fully saturated rings. The van der Waals surface area contributed by atoms with Gasteiger partial charge in [0.1, 0.15) is 6.10 Å². The van der Waals surface area contributed by atoms with Crippen LogP contribution in [0.3, 0.4) is 0 Å². The molecule has 0 aromatic heterocycles. The molecule has 6 heteroatoms. The predicted molar refractivity (Wildman–Crippen MR) is 61.4 cm³/mol. The highest BCUT2D eigenvalue weighted by molar-refractivity contribution is 5.74. The van der Waals surface area contributed by atoms with Crippen molar-refractivity contribution in [2.45, 2.75) is 39.9 Å². The van der Waals surface area contributed by atoms with Crippen molar-refractivity contribution in [1.82, 2.24) is 0 Å². The van der Waals surface area contributed by atoms with E-state index >= 15 is 0 Å². The number of hydrogen-bond donors (Lipinski definition) is 1. The molecule has 0 aliphatic heterocycles. The fraction of sp³-hybridized carbons (Fsp3) is 0.818. The minimum Gasteiger partial charge on any atom is -0.464 e. The Kier molecular flexibility index (Phi) is 12.2. The summed E-state index contributed by atoms with van der Waals surface area (Å²) >= 11 is 0. The van der Waals surface area contributed by atoms with E-state index in [9.17, 15) is 9.59 Å². The fourth-order valence-electron chi connectivity index (χ4n) is 0.676. The zero-order valence-corrected chi connectivity index (χ0v) is 11.1.